The van der Waals surface area contributed by atoms with Crippen LogP contribution in [0.5, 0.6) is 0 Å². The van der Waals surface area contributed by atoms with Gasteiger partial charge < -0.3 is 9.30 Å². The Hall–Kier alpha value is -3.02. The SMILES string of the molecule is Cc1nc2ccc(C(=O)OCC(=O)c3cc(C)n(CCC(C)C)c3C)cc2nc1C. The summed E-state index contributed by atoms with van der Waals surface area (Å²) in [5.74, 6) is -0.149. The number of nitrogens with zero attached hydrogens (tertiary/aromatic N) is 3. The highest BCUT2D eigenvalue weighted by Crippen LogP contribution is 2.19. The van der Waals surface area contributed by atoms with Gasteiger partial charge in [0.05, 0.1) is 28.0 Å². The molecule has 30 heavy (non-hydrogen) atoms. The van der Waals surface area contributed by atoms with Gasteiger partial charge in [-0.2, -0.15) is 0 Å². The Labute approximate surface area is 177 Å². The van der Waals surface area contributed by atoms with Crippen molar-refractivity contribution in [2.45, 2.75) is 54.5 Å². The van der Waals surface area contributed by atoms with E-state index in [-0.39, 0.29) is 12.4 Å². The van der Waals surface area contributed by atoms with Crippen molar-refractivity contribution in [1.82, 2.24) is 14.5 Å². The largest absolute Gasteiger partial charge is 0.454 e. The minimum absolute atomic E-state index is 0.195. The van der Waals surface area contributed by atoms with Crippen LogP contribution < -0.4 is 0 Å². The molecule has 3 aromatic rings. The Morgan fingerprint density at radius 1 is 1.00 bits per heavy atom. The first-order chi connectivity index (χ1) is 14.2. The van der Waals surface area contributed by atoms with Crippen LogP contribution >= 0.6 is 0 Å². The van der Waals surface area contributed by atoms with Crippen molar-refractivity contribution >= 4 is 22.8 Å². The van der Waals surface area contributed by atoms with Gasteiger partial charge in [-0.25, -0.2) is 14.8 Å². The van der Waals surface area contributed by atoms with Gasteiger partial charge in [0.1, 0.15) is 0 Å². The molecular weight excluding hydrogens is 378 g/mol. The van der Waals surface area contributed by atoms with E-state index in [1.54, 1.807) is 18.2 Å². The molecule has 2 aromatic heterocycles. The summed E-state index contributed by atoms with van der Waals surface area (Å²) in [7, 11) is 0. The summed E-state index contributed by atoms with van der Waals surface area (Å²) in [6.45, 7) is 12.7. The summed E-state index contributed by atoms with van der Waals surface area (Å²) in [5.41, 5.74) is 5.95. The van der Waals surface area contributed by atoms with E-state index in [4.69, 9.17) is 4.74 Å². The summed E-state index contributed by atoms with van der Waals surface area (Å²) in [6, 6.07) is 6.92. The highest BCUT2D eigenvalue weighted by atomic mass is 16.5. The highest BCUT2D eigenvalue weighted by Gasteiger charge is 2.18. The van der Waals surface area contributed by atoms with Crippen LogP contribution in [0.25, 0.3) is 11.0 Å². The molecule has 1 aromatic carbocycles. The minimum atomic E-state index is -0.543. The Bertz CT molecular complexity index is 1110. The summed E-state index contributed by atoms with van der Waals surface area (Å²) >= 11 is 0. The molecule has 3 rings (SSSR count). The highest BCUT2D eigenvalue weighted by molar-refractivity contribution is 6.01. The van der Waals surface area contributed by atoms with Gasteiger partial charge in [-0.1, -0.05) is 13.8 Å². The van der Waals surface area contributed by atoms with Crippen molar-refractivity contribution in [2.75, 3.05) is 6.61 Å². The maximum absolute atomic E-state index is 12.7. The Morgan fingerprint density at radius 3 is 2.33 bits per heavy atom. The Kier molecular flexibility index (Phi) is 6.34. The van der Waals surface area contributed by atoms with E-state index in [0.717, 1.165) is 41.3 Å². The van der Waals surface area contributed by atoms with E-state index in [0.29, 0.717) is 22.6 Å². The van der Waals surface area contributed by atoms with Crippen molar-refractivity contribution < 1.29 is 14.3 Å². The smallest absolute Gasteiger partial charge is 0.338 e. The van der Waals surface area contributed by atoms with Crippen molar-refractivity contribution in [1.29, 1.82) is 0 Å². The molecule has 0 unspecified atom stereocenters. The third kappa shape index (κ3) is 4.58. The van der Waals surface area contributed by atoms with Gasteiger partial charge in [-0.3, -0.25) is 4.79 Å². The van der Waals surface area contributed by atoms with Gasteiger partial charge in [0.15, 0.2) is 6.61 Å². The first-order valence-corrected chi connectivity index (χ1v) is 10.3. The van der Waals surface area contributed by atoms with Crippen LogP contribution in [0.3, 0.4) is 0 Å². The summed E-state index contributed by atoms with van der Waals surface area (Å²) < 4.78 is 7.46. The van der Waals surface area contributed by atoms with Crippen molar-refractivity contribution in [3.8, 4) is 0 Å². The minimum Gasteiger partial charge on any atom is -0.454 e. The summed E-state index contributed by atoms with van der Waals surface area (Å²) in [6.07, 6.45) is 1.04. The molecule has 2 heterocycles. The molecule has 0 saturated carbocycles. The normalized spacial score (nSPS) is 11.3. The maximum atomic E-state index is 12.7. The average molecular weight is 408 g/mol. The lowest BCUT2D eigenvalue weighted by atomic mass is 10.1. The van der Waals surface area contributed by atoms with E-state index in [9.17, 15) is 9.59 Å². The zero-order valence-electron chi connectivity index (χ0n) is 18.6. The van der Waals surface area contributed by atoms with Crippen molar-refractivity contribution in [2.24, 2.45) is 5.92 Å². The fourth-order valence-corrected chi connectivity index (χ4v) is 3.46. The van der Waals surface area contributed by atoms with Crippen LogP contribution in [0.2, 0.25) is 0 Å². The first-order valence-electron chi connectivity index (χ1n) is 10.3. The molecule has 158 valence electrons. The van der Waals surface area contributed by atoms with Crippen LogP contribution in [0, 0.1) is 33.6 Å². The number of Topliss-reactive ketones (excluding diaryl/α,β-unsaturated/α-hetero) is 1. The first kappa shape index (κ1) is 21.7. The van der Waals surface area contributed by atoms with E-state index in [2.05, 4.69) is 28.4 Å². The quantitative estimate of drug-likeness (QED) is 0.417. The lowest BCUT2D eigenvalue weighted by Crippen LogP contribution is -2.15. The number of benzene rings is 1. The number of esters is 1. The molecular formula is C24H29N3O3. The monoisotopic (exact) mass is 407 g/mol. The number of fused-ring (bicyclic) bond motifs is 1. The zero-order valence-corrected chi connectivity index (χ0v) is 18.6. The molecule has 0 bridgehead atoms. The zero-order chi connectivity index (χ0) is 22.0. The van der Waals surface area contributed by atoms with E-state index in [1.165, 1.54) is 0 Å². The molecule has 6 nitrogen and oxygen atoms in total. The number of ketones is 1. The fraction of sp³-hybridized carbons (Fsp3) is 0.417. The predicted molar refractivity (Wildman–Crippen MR) is 117 cm³/mol. The molecule has 0 aliphatic carbocycles. The second-order valence-electron chi connectivity index (χ2n) is 8.22. The van der Waals surface area contributed by atoms with Gasteiger partial charge in [0.2, 0.25) is 5.78 Å². The van der Waals surface area contributed by atoms with Gasteiger partial charge in [-0.05, 0) is 64.3 Å². The maximum Gasteiger partial charge on any atom is 0.338 e. The van der Waals surface area contributed by atoms with E-state index >= 15 is 0 Å². The second-order valence-corrected chi connectivity index (χ2v) is 8.22. The summed E-state index contributed by atoms with van der Waals surface area (Å²) in [4.78, 5) is 34.1. The molecule has 0 radical (unpaired) electrons. The number of carbonyl (C=O) groups excluding carboxylic acids is 2. The number of rotatable bonds is 7. The molecule has 0 N–H and O–H groups in total. The topological polar surface area (TPSA) is 74.1 Å². The van der Waals surface area contributed by atoms with Gasteiger partial charge in [0, 0.05) is 23.5 Å². The fourth-order valence-electron chi connectivity index (χ4n) is 3.46. The van der Waals surface area contributed by atoms with Crippen LogP contribution in [0.4, 0.5) is 0 Å². The number of carbonyl (C=O) groups is 2. The Balaban J connectivity index is 1.70. The van der Waals surface area contributed by atoms with E-state index in [1.807, 2.05) is 33.8 Å². The van der Waals surface area contributed by atoms with Crippen LogP contribution in [0.15, 0.2) is 24.3 Å². The lowest BCUT2D eigenvalue weighted by molar-refractivity contribution is 0.0474. The number of ether oxygens (including phenoxy) is 1. The lowest BCUT2D eigenvalue weighted by Gasteiger charge is -2.11. The predicted octanol–water partition coefficient (Wildman–Crippen LogP) is 4.75. The van der Waals surface area contributed by atoms with Crippen molar-refractivity contribution in [3.05, 3.63) is 58.2 Å². The second kappa shape index (κ2) is 8.78. The number of aryl methyl sites for hydroxylation is 3. The van der Waals surface area contributed by atoms with Gasteiger partial charge in [0.25, 0.3) is 0 Å². The molecule has 0 aliphatic heterocycles. The van der Waals surface area contributed by atoms with Gasteiger partial charge >= 0.3 is 5.97 Å². The number of hydrogen-bond donors (Lipinski definition) is 0. The standard InChI is InChI=1S/C24H29N3O3/c1-14(2)9-10-27-15(3)11-20(18(27)6)23(28)13-30-24(29)19-7-8-21-22(12-19)26-17(5)16(4)25-21/h7-8,11-12,14H,9-10,13H2,1-6H3. The molecule has 0 spiro atoms. The third-order valence-corrected chi connectivity index (χ3v) is 5.45. The molecule has 0 saturated heterocycles. The van der Waals surface area contributed by atoms with Crippen LogP contribution in [-0.4, -0.2) is 32.9 Å². The van der Waals surface area contributed by atoms with Crippen molar-refractivity contribution in [3.63, 3.8) is 0 Å². The molecule has 0 fully saturated rings. The van der Waals surface area contributed by atoms with Crippen LogP contribution in [0.1, 0.15) is 63.8 Å². The van der Waals surface area contributed by atoms with E-state index < -0.39 is 5.97 Å². The third-order valence-electron chi connectivity index (χ3n) is 5.45. The summed E-state index contributed by atoms with van der Waals surface area (Å²) in [5, 5.41) is 0. The van der Waals surface area contributed by atoms with Gasteiger partial charge in [-0.15, -0.1) is 0 Å². The molecule has 0 atom stereocenters. The average Bonchev–Trinajstić information content (AvgIpc) is 2.98. The number of hydrogen-bond acceptors (Lipinski definition) is 5. The Morgan fingerprint density at radius 2 is 1.67 bits per heavy atom. The molecule has 0 amide bonds. The van der Waals surface area contributed by atoms with Crippen LogP contribution in [-0.2, 0) is 11.3 Å². The molecule has 0 aliphatic rings. The molecule has 6 heteroatoms. The number of aromatic nitrogens is 3.